The Balaban J connectivity index is 1.90. The first-order chi connectivity index (χ1) is 13.8. The number of anilines is 3. The highest BCUT2D eigenvalue weighted by atomic mass is 16.2. The minimum atomic E-state index is -0.218. The van der Waals surface area contributed by atoms with Crippen molar-refractivity contribution in [1.29, 1.82) is 0 Å². The van der Waals surface area contributed by atoms with Gasteiger partial charge in [-0.1, -0.05) is 13.0 Å². The molecule has 2 rings (SSSR count). The molecule has 4 N–H and O–H groups in total. The summed E-state index contributed by atoms with van der Waals surface area (Å²) < 4.78 is 0. The second kappa shape index (κ2) is 10.3. The van der Waals surface area contributed by atoms with E-state index in [4.69, 9.17) is 0 Å². The smallest absolute Gasteiger partial charge is 0.251 e. The predicted octanol–water partition coefficient (Wildman–Crippen LogP) is 3.53. The second-order valence-corrected chi connectivity index (χ2v) is 7.04. The summed E-state index contributed by atoms with van der Waals surface area (Å²) in [5.74, 6) is -0.428. The Morgan fingerprint density at radius 2 is 1.55 bits per heavy atom. The van der Waals surface area contributed by atoms with Gasteiger partial charge in [-0.15, -0.1) is 0 Å². The van der Waals surface area contributed by atoms with Gasteiger partial charge in [0.1, 0.15) is 0 Å². The lowest BCUT2D eigenvalue weighted by molar-refractivity contribution is -0.116. The molecular weight excluding hydrogens is 368 g/mol. The van der Waals surface area contributed by atoms with Gasteiger partial charge in [0.2, 0.25) is 11.8 Å². The van der Waals surface area contributed by atoms with Gasteiger partial charge in [0, 0.05) is 35.1 Å². The summed E-state index contributed by atoms with van der Waals surface area (Å²) in [7, 11) is 0. The molecule has 0 spiro atoms. The topological polar surface area (TPSA) is 99.3 Å². The van der Waals surface area contributed by atoms with E-state index < -0.39 is 0 Å². The van der Waals surface area contributed by atoms with E-state index in [1.807, 2.05) is 32.9 Å². The highest BCUT2D eigenvalue weighted by molar-refractivity contribution is 5.97. The Labute approximate surface area is 171 Å². The maximum atomic E-state index is 12.2. The van der Waals surface area contributed by atoms with Crippen LogP contribution in [0.3, 0.4) is 0 Å². The van der Waals surface area contributed by atoms with Crippen molar-refractivity contribution in [3.63, 3.8) is 0 Å². The van der Waals surface area contributed by atoms with E-state index in [1.165, 1.54) is 0 Å². The van der Waals surface area contributed by atoms with Crippen LogP contribution in [0.4, 0.5) is 17.1 Å². The molecule has 0 aliphatic rings. The summed E-state index contributed by atoms with van der Waals surface area (Å²) in [6.07, 6.45) is 0.400. The summed E-state index contributed by atoms with van der Waals surface area (Å²) in [5, 5.41) is 11.5. The van der Waals surface area contributed by atoms with Crippen LogP contribution in [0, 0.1) is 6.92 Å². The third kappa shape index (κ3) is 6.95. The summed E-state index contributed by atoms with van der Waals surface area (Å²) >= 11 is 0. The Kier molecular flexibility index (Phi) is 7.77. The fourth-order valence-electron chi connectivity index (χ4n) is 2.54. The van der Waals surface area contributed by atoms with E-state index in [1.54, 1.807) is 37.3 Å². The van der Waals surface area contributed by atoms with Gasteiger partial charge in [-0.3, -0.25) is 14.4 Å². The second-order valence-electron chi connectivity index (χ2n) is 7.04. The molecule has 3 amide bonds. The van der Waals surface area contributed by atoms with Crippen LogP contribution in [0.25, 0.3) is 0 Å². The lowest BCUT2D eigenvalue weighted by Crippen LogP contribution is -2.30. The van der Waals surface area contributed by atoms with E-state index in [0.717, 1.165) is 16.9 Å². The minimum absolute atomic E-state index is 0.0607. The molecule has 0 aliphatic heterocycles. The molecule has 154 valence electrons. The molecule has 7 nitrogen and oxygen atoms in total. The molecule has 2 aromatic rings. The first kappa shape index (κ1) is 21.9. The third-order valence-corrected chi connectivity index (χ3v) is 4.14. The molecule has 0 aliphatic carbocycles. The molecular formula is C22H28N4O3. The number of nitrogens with one attached hydrogen (secondary N) is 4. The molecule has 0 unspecified atom stereocenters. The Morgan fingerprint density at radius 1 is 0.897 bits per heavy atom. The van der Waals surface area contributed by atoms with Crippen LogP contribution in [0.15, 0.2) is 42.5 Å². The molecule has 0 bridgehead atoms. The van der Waals surface area contributed by atoms with E-state index in [-0.39, 0.29) is 30.3 Å². The molecule has 2 aromatic carbocycles. The normalized spacial score (nSPS) is 10.4. The largest absolute Gasteiger partial charge is 0.376 e. The van der Waals surface area contributed by atoms with Gasteiger partial charge in [-0.2, -0.15) is 0 Å². The number of benzene rings is 2. The van der Waals surface area contributed by atoms with Crippen molar-refractivity contribution in [3.05, 3.63) is 53.6 Å². The first-order valence-corrected chi connectivity index (χ1v) is 9.63. The number of amides is 3. The number of carbonyl (C=O) groups is 3. The molecule has 7 heteroatoms. The maximum Gasteiger partial charge on any atom is 0.251 e. The van der Waals surface area contributed by atoms with E-state index >= 15 is 0 Å². The number of carbonyl (C=O) groups excluding carboxylic acids is 3. The maximum absolute atomic E-state index is 12.2. The SMILES string of the molecule is CCC(=O)Nc1cc(NCC(=O)Nc2ccc(C(=O)NC(C)C)cc2)ccc1C. The molecule has 0 saturated carbocycles. The molecule has 0 radical (unpaired) electrons. The van der Waals surface area contributed by atoms with Crippen LogP contribution >= 0.6 is 0 Å². The van der Waals surface area contributed by atoms with Crippen LogP contribution in [-0.4, -0.2) is 30.3 Å². The predicted molar refractivity (Wildman–Crippen MR) is 116 cm³/mol. The molecule has 0 aromatic heterocycles. The van der Waals surface area contributed by atoms with Gasteiger partial charge in [-0.05, 0) is 62.7 Å². The standard InChI is InChI=1S/C22H28N4O3/c1-5-20(27)26-19-12-18(9-6-15(19)4)23-13-21(28)25-17-10-7-16(8-11-17)22(29)24-14(2)3/h6-12,14,23H,5,13H2,1-4H3,(H,24,29)(H,25,28)(H,26,27). The fourth-order valence-corrected chi connectivity index (χ4v) is 2.54. The average Bonchev–Trinajstić information content (AvgIpc) is 2.68. The first-order valence-electron chi connectivity index (χ1n) is 9.63. The molecule has 0 atom stereocenters. The quantitative estimate of drug-likeness (QED) is 0.548. The van der Waals surface area contributed by atoms with Crippen molar-refractivity contribution < 1.29 is 14.4 Å². The van der Waals surface area contributed by atoms with Gasteiger partial charge >= 0.3 is 0 Å². The van der Waals surface area contributed by atoms with Crippen molar-refractivity contribution >= 4 is 34.8 Å². The Morgan fingerprint density at radius 3 is 2.17 bits per heavy atom. The van der Waals surface area contributed by atoms with Crippen molar-refractivity contribution in [1.82, 2.24) is 5.32 Å². The number of hydrogen-bond acceptors (Lipinski definition) is 4. The number of aryl methyl sites for hydroxylation is 1. The van der Waals surface area contributed by atoms with Crippen LogP contribution in [-0.2, 0) is 9.59 Å². The van der Waals surface area contributed by atoms with Crippen molar-refractivity contribution in [2.45, 2.75) is 40.2 Å². The average molecular weight is 396 g/mol. The third-order valence-electron chi connectivity index (χ3n) is 4.14. The summed E-state index contributed by atoms with van der Waals surface area (Å²) in [6, 6.07) is 12.3. The monoisotopic (exact) mass is 396 g/mol. The van der Waals surface area contributed by atoms with E-state index in [9.17, 15) is 14.4 Å². The van der Waals surface area contributed by atoms with Crippen LogP contribution in [0.1, 0.15) is 43.1 Å². The van der Waals surface area contributed by atoms with Gasteiger partial charge in [0.15, 0.2) is 0 Å². The van der Waals surface area contributed by atoms with Gasteiger partial charge in [0.25, 0.3) is 5.91 Å². The zero-order chi connectivity index (χ0) is 21.4. The highest BCUT2D eigenvalue weighted by Crippen LogP contribution is 2.20. The van der Waals surface area contributed by atoms with Crippen molar-refractivity contribution in [2.24, 2.45) is 0 Å². The van der Waals surface area contributed by atoms with Gasteiger partial charge < -0.3 is 21.3 Å². The fraction of sp³-hybridized carbons (Fsp3) is 0.318. The van der Waals surface area contributed by atoms with Crippen molar-refractivity contribution in [2.75, 3.05) is 22.5 Å². The van der Waals surface area contributed by atoms with Crippen LogP contribution in [0.2, 0.25) is 0 Å². The lowest BCUT2D eigenvalue weighted by Gasteiger charge is -2.12. The van der Waals surface area contributed by atoms with Gasteiger partial charge in [0.05, 0.1) is 6.54 Å². The molecule has 0 saturated heterocycles. The van der Waals surface area contributed by atoms with E-state index in [2.05, 4.69) is 21.3 Å². The summed E-state index contributed by atoms with van der Waals surface area (Å²) in [4.78, 5) is 35.8. The van der Waals surface area contributed by atoms with Crippen LogP contribution in [0.5, 0.6) is 0 Å². The zero-order valence-electron chi connectivity index (χ0n) is 17.3. The van der Waals surface area contributed by atoms with Gasteiger partial charge in [-0.25, -0.2) is 0 Å². The summed E-state index contributed by atoms with van der Waals surface area (Å²) in [6.45, 7) is 7.56. The van der Waals surface area contributed by atoms with Crippen LogP contribution < -0.4 is 21.3 Å². The number of hydrogen-bond donors (Lipinski definition) is 4. The highest BCUT2D eigenvalue weighted by Gasteiger charge is 2.09. The molecule has 0 heterocycles. The van der Waals surface area contributed by atoms with Crippen molar-refractivity contribution in [3.8, 4) is 0 Å². The molecule has 29 heavy (non-hydrogen) atoms. The Hall–Kier alpha value is -3.35. The zero-order valence-corrected chi connectivity index (χ0v) is 17.3. The minimum Gasteiger partial charge on any atom is -0.376 e. The Bertz CT molecular complexity index is 876. The number of rotatable bonds is 8. The van der Waals surface area contributed by atoms with E-state index in [0.29, 0.717) is 17.7 Å². The lowest BCUT2D eigenvalue weighted by atomic mass is 10.1. The molecule has 0 fully saturated rings. The summed E-state index contributed by atoms with van der Waals surface area (Å²) in [5.41, 5.74) is 3.55.